The first-order valence-corrected chi connectivity index (χ1v) is 4.92. The van der Waals surface area contributed by atoms with Gasteiger partial charge < -0.3 is 14.5 Å². The highest BCUT2D eigenvalue weighted by Crippen LogP contribution is 2.10. The van der Waals surface area contributed by atoms with Gasteiger partial charge in [0, 0.05) is 13.2 Å². The quantitative estimate of drug-likeness (QED) is 0.627. The van der Waals surface area contributed by atoms with Crippen molar-refractivity contribution in [2.45, 2.75) is 26.4 Å². The number of carboxylic acids is 1. The molecule has 5 nitrogen and oxygen atoms in total. The van der Waals surface area contributed by atoms with E-state index in [1.54, 1.807) is 50.7 Å². The van der Waals surface area contributed by atoms with E-state index in [1.165, 1.54) is 0 Å². The van der Waals surface area contributed by atoms with Gasteiger partial charge in [-0.1, -0.05) is 5.16 Å². The van der Waals surface area contributed by atoms with Gasteiger partial charge in [0.25, 0.3) is 0 Å². The molecule has 1 heterocycles. The summed E-state index contributed by atoms with van der Waals surface area (Å²) in [5.74, 6) is -1.11. The van der Waals surface area contributed by atoms with Gasteiger partial charge in [-0.05, 0) is 32.9 Å². The summed E-state index contributed by atoms with van der Waals surface area (Å²) in [6.45, 7) is 5.42. The fourth-order valence-electron chi connectivity index (χ4n) is 1.09. The molecule has 88 valence electrons. The number of aliphatic carboxylic acids is 1. The van der Waals surface area contributed by atoms with Crippen LogP contribution in [0.1, 0.15) is 26.5 Å². The van der Waals surface area contributed by atoms with Crippen molar-refractivity contribution < 1.29 is 14.7 Å². The highest BCUT2D eigenvalue weighted by atomic mass is 16.6. The largest absolute Gasteiger partial charge is 0.476 e. The molecule has 0 bridgehead atoms. The summed E-state index contributed by atoms with van der Waals surface area (Å²) in [7, 11) is 1.75. The van der Waals surface area contributed by atoms with Crippen molar-refractivity contribution in [3.05, 3.63) is 24.0 Å². The molecule has 1 aromatic heterocycles. The molecule has 0 saturated heterocycles. The summed E-state index contributed by atoms with van der Waals surface area (Å²) in [6.07, 6.45) is 1.75. The van der Waals surface area contributed by atoms with Gasteiger partial charge in [0.2, 0.25) is 5.71 Å². The average molecular weight is 224 g/mol. The molecule has 0 saturated carbocycles. The summed E-state index contributed by atoms with van der Waals surface area (Å²) < 4.78 is 1.68. The Morgan fingerprint density at radius 2 is 2.12 bits per heavy atom. The second-order valence-corrected chi connectivity index (χ2v) is 4.45. The van der Waals surface area contributed by atoms with Crippen LogP contribution in [0.5, 0.6) is 0 Å². The Hall–Kier alpha value is -1.78. The second-order valence-electron chi connectivity index (χ2n) is 4.45. The fourth-order valence-corrected chi connectivity index (χ4v) is 1.09. The maximum absolute atomic E-state index is 11.0. The lowest BCUT2D eigenvalue weighted by Gasteiger charge is -2.16. The first kappa shape index (κ1) is 12.3. The zero-order chi connectivity index (χ0) is 12.3. The van der Waals surface area contributed by atoms with Gasteiger partial charge in [-0.2, -0.15) is 0 Å². The van der Waals surface area contributed by atoms with Crippen molar-refractivity contribution in [1.82, 2.24) is 4.57 Å². The monoisotopic (exact) mass is 224 g/mol. The molecule has 5 heteroatoms. The van der Waals surface area contributed by atoms with Crippen molar-refractivity contribution in [2.24, 2.45) is 12.2 Å². The SMILES string of the molecule is Cn1cccc1/C(=N/OC(C)(C)C)C(=O)O. The molecule has 0 radical (unpaired) electrons. The second kappa shape index (κ2) is 4.38. The molecular weight excluding hydrogens is 208 g/mol. The zero-order valence-corrected chi connectivity index (χ0v) is 9.89. The van der Waals surface area contributed by atoms with Crippen LogP contribution < -0.4 is 0 Å². The van der Waals surface area contributed by atoms with Gasteiger partial charge >= 0.3 is 5.97 Å². The third kappa shape index (κ3) is 3.12. The number of hydrogen-bond acceptors (Lipinski definition) is 3. The molecule has 0 fully saturated rings. The molecule has 0 aliphatic rings. The van der Waals surface area contributed by atoms with Crippen LogP contribution in [0.3, 0.4) is 0 Å². The van der Waals surface area contributed by atoms with Gasteiger partial charge in [0.15, 0.2) is 0 Å². The molecule has 1 rings (SSSR count). The lowest BCUT2D eigenvalue weighted by molar-refractivity contribution is -0.129. The van der Waals surface area contributed by atoms with E-state index < -0.39 is 11.6 Å². The Bertz CT molecular complexity index is 413. The maximum atomic E-state index is 11.0. The van der Waals surface area contributed by atoms with Gasteiger partial charge in [-0.25, -0.2) is 4.79 Å². The highest BCUT2D eigenvalue weighted by Gasteiger charge is 2.18. The lowest BCUT2D eigenvalue weighted by Crippen LogP contribution is -2.22. The van der Waals surface area contributed by atoms with Crippen LogP contribution in [0.15, 0.2) is 23.5 Å². The Balaban J connectivity index is 3.02. The van der Waals surface area contributed by atoms with Crippen LogP contribution >= 0.6 is 0 Å². The molecule has 0 aliphatic heterocycles. The van der Waals surface area contributed by atoms with Crippen molar-refractivity contribution >= 4 is 11.7 Å². The van der Waals surface area contributed by atoms with E-state index in [1.807, 2.05) is 0 Å². The lowest BCUT2D eigenvalue weighted by atomic mass is 10.2. The van der Waals surface area contributed by atoms with Crippen LogP contribution in [0.2, 0.25) is 0 Å². The van der Waals surface area contributed by atoms with E-state index in [9.17, 15) is 4.79 Å². The van der Waals surface area contributed by atoms with Crippen molar-refractivity contribution in [1.29, 1.82) is 0 Å². The Kier molecular flexibility index (Phi) is 3.37. The topological polar surface area (TPSA) is 63.8 Å². The van der Waals surface area contributed by atoms with Crippen molar-refractivity contribution in [3.8, 4) is 0 Å². The van der Waals surface area contributed by atoms with Crippen LogP contribution in [0, 0.1) is 0 Å². The van der Waals surface area contributed by atoms with E-state index in [0.29, 0.717) is 5.69 Å². The first-order valence-electron chi connectivity index (χ1n) is 4.92. The van der Waals surface area contributed by atoms with E-state index in [4.69, 9.17) is 9.94 Å². The number of hydrogen-bond donors (Lipinski definition) is 1. The molecule has 16 heavy (non-hydrogen) atoms. The van der Waals surface area contributed by atoms with Crippen molar-refractivity contribution in [2.75, 3.05) is 0 Å². The van der Waals surface area contributed by atoms with Crippen LogP contribution in [0.25, 0.3) is 0 Å². The van der Waals surface area contributed by atoms with Gasteiger partial charge in [0.05, 0.1) is 5.69 Å². The normalized spacial score (nSPS) is 12.6. The first-order chi connectivity index (χ1) is 7.31. The number of nitrogens with zero attached hydrogens (tertiary/aromatic N) is 2. The number of carboxylic acid groups (broad SMARTS) is 1. The number of carbonyl (C=O) groups is 1. The van der Waals surface area contributed by atoms with E-state index in [0.717, 1.165) is 0 Å². The fraction of sp³-hybridized carbons (Fsp3) is 0.455. The van der Waals surface area contributed by atoms with E-state index >= 15 is 0 Å². The summed E-state index contributed by atoms with van der Waals surface area (Å²) >= 11 is 0. The number of oxime groups is 1. The Labute approximate surface area is 94.3 Å². The van der Waals surface area contributed by atoms with Crippen LogP contribution in [-0.4, -0.2) is 27.0 Å². The van der Waals surface area contributed by atoms with Gasteiger partial charge in [-0.3, -0.25) is 0 Å². The maximum Gasteiger partial charge on any atom is 0.360 e. The molecule has 1 N–H and O–H groups in total. The van der Waals surface area contributed by atoms with Crippen LogP contribution in [-0.2, 0) is 16.7 Å². The minimum atomic E-state index is -1.11. The number of rotatable bonds is 3. The predicted octanol–water partition coefficient (Wildman–Crippen LogP) is 1.63. The van der Waals surface area contributed by atoms with Gasteiger partial charge in [-0.15, -0.1) is 0 Å². The molecule has 0 aromatic carbocycles. The minimum Gasteiger partial charge on any atom is -0.476 e. The molecule has 0 spiro atoms. The summed E-state index contributed by atoms with van der Waals surface area (Å²) in [5, 5.41) is 12.7. The molecule has 0 amide bonds. The smallest absolute Gasteiger partial charge is 0.360 e. The Morgan fingerprint density at radius 1 is 1.50 bits per heavy atom. The molecule has 0 unspecified atom stereocenters. The third-order valence-electron chi connectivity index (χ3n) is 1.80. The number of aromatic nitrogens is 1. The van der Waals surface area contributed by atoms with E-state index in [-0.39, 0.29) is 5.71 Å². The van der Waals surface area contributed by atoms with Gasteiger partial charge in [0.1, 0.15) is 5.60 Å². The summed E-state index contributed by atoms with van der Waals surface area (Å²) in [4.78, 5) is 16.2. The molecule has 0 aliphatic carbocycles. The minimum absolute atomic E-state index is 0.0950. The molecule has 0 atom stereocenters. The summed E-state index contributed by atoms with van der Waals surface area (Å²) in [5.41, 5.74) is -0.0922. The van der Waals surface area contributed by atoms with E-state index in [2.05, 4.69) is 5.16 Å². The van der Waals surface area contributed by atoms with Crippen LogP contribution in [0.4, 0.5) is 0 Å². The highest BCUT2D eigenvalue weighted by molar-refractivity contribution is 6.41. The average Bonchev–Trinajstić information content (AvgIpc) is 2.50. The predicted molar refractivity (Wildman–Crippen MR) is 60.4 cm³/mol. The zero-order valence-electron chi connectivity index (χ0n) is 9.89. The summed E-state index contributed by atoms with van der Waals surface area (Å²) in [6, 6.07) is 3.43. The Morgan fingerprint density at radius 3 is 2.50 bits per heavy atom. The molecular formula is C11H16N2O3. The molecule has 1 aromatic rings. The number of aryl methyl sites for hydroxylation is 1. The standard InChI is InChI=1S/C11H16N2O3/c1-11(2,3)16-12-9(10(14)15)8-6-5-7-13(8)4/h5-7H,1-4H3,(H,14,15)/b12-9-. The third-order valence-corrected chi connectivity index (χ3v) is 1.80. The van der Waals surface area contributed by atoms with Crippen molar-refractivity contribution in [3.63, 3.8) is 0 Å².